The van der Waals surface area contributed by atoms with Crippen LogP contribution in [0.15, 0.2) is 91.0 Å². The first-order valence-corrected chi connectivity index (χ1v) is 13.4. The topological polar surface area (TPSA) is 94.1 Å². The quantitative estimate of drug-likeness (QED) is 0.206. The summed E-state index contributed by atoms with van der Waals surface area (Å²) in [7, 11) is 0. The molecule has 2 unspecified atom stereocenters. The van der Waals surface area contributed by atoms with Gasteiger partial charge >= 0.3 is 5.97 Å². The van der Waals surface area contributed by atoms with Crippen molar-refractivity contribution in [2.24, 2.45) is 0 Å². The largest absolute Gasteiger partial charge is 0.493 e. The lowest BCUT2D eigenvalue weighted by atomic mass is 9.93. The molecule has 5 rings (SSSR count). The zero-order valence-corrected chi connectivity index (χ0v) is 22.7. The number of aliphatic carboxylic acids is 1. The van der Waals surface area contributed by atoms with Gasteiger partial charge in [0.2, 0.25) is 0 Å². The molecule has 0 bridgehead atoms. The van der Waals surface area contributed by atoms with Crippen LogP contribution in [0.25, 0.3) is 0 Å². The van der Waals surface area contributed by atoms with E-state index >= 15 is 0 Å². The highest BCUT2D eigenvalue weighted by Gasteiger charge is 2.29. The highest BCUT2D eigenvalue weighted by molar-refractivity contribution is 6.32. The van der Waals surface area contributed by atoms with E-state index in [1.54, 1.807) is 60.7 Å². The van der Waals surface area contributed by atoms with Gasteiger partial charge in [-0.3, -0.25) is 9.59 Å². The van der Waals surface area contributed by atoms with Gasteiger partial charge in [-0.1, -0.05) is 53.5 Å². The predicted molar refractivity (Wildman–Crippen MR) is 152 cm³/mol. The number of carbonyl (C=O) groups excluding carboxylic acids is 1. The van der Waals surface area contributed by atoms with Gasteiger partial charge in [-0.05, 0) is 66.6 Å². The van der Waals surface area contributed by atoms with Crippen molar-refractivity contribution < 1.29 is 28.9 Å². The maximum Gasteiger partial charge on any atom is 0.311 e. The Labute approximate surface area is 241 Å². The van der Waals surface area contributed by atoms with Gasteiger partial charge in [-0.25, -0.2) is 0 Å². The number of amides is 1. The molecule has 1 amide bonds. The van der Waals surface area contributed by atoms with Crippen LogP contribution in [-0.4, -0.2) is 29.8 Å². The summed E-state index contributed by atoms with van der Waals surface area (Å²) in [6, 6.07) is 26.4. The molecule has 7 nitrogen and oxygen atoms in total. The van der Waals surface area contributed by atoms with Crippen molar-refractivity contribution >= 4 is 35.1 Å². The Kier molecular flexibility index (Phi) is 8.43. The molecule has 1 aliphatic heterocycles. The summed E-state index contributed by atoms with van der Waals surface area (Å²) in [6.45, 7) is 0.293. The van der Waals surface area contributed by atoms with Crippen molar-refractivity contribution in [2.75, 3.05) is 6.61 Å². The fourth-order valence-corrected chi connectivity index (χ4v) is 4.72. The average Bonchev–Trinajstić information content (AvgIpc) is 2.95. The number of halogens is 2. The van der Waals surface area contributed by atoms with E-state index in [9.17, 15) is 14.7 Å². The Morgan fingerprint density at radius 3 is 2.35 bits per heavy atom. The lowest BCUT2D eigenvalue weighted by Crippen LogP contribution is -2.40. The van der Waals surface area contributed by atoms with Crippen molar-refractivity contribution in [3.05, 3.63) is 118 Å². The first-order chi connectivity index (χ1) is 19.4. The maximum atomic E-state index is 13.1. The smallest absolute Gasteiger partial charge is 0.311 e. The van der Waals surface area contributed by atoms with Crippen LogP contribution in [0.4, 0.5) is 0 Å². The highest BCUT2D eigenvalue weighted by Crippen LogP contribution is 2.41. The van der Waals surface area contributed by atoms with E-state index in [0.717, 1.165) is 5.56 Å². The van der Waals surface area contributed by atoms with E-state index in [0.29, 0.717) is 58.6 Å². The molecule has 4 aromatic rings. The SMILES string of the molecule is O=C(NC(Cc1ccccc1)Oc1ccc(Cl)cc1)c1ccc(Oc2cc3c(cc2Cl)C(C(=O)O)CCO3)cc1. The highest BCUT2D eigenvalue weighted by atomic mass is 35.5. The van der Waals surface area contributed by atoms with Crippen molar-refractivity contribution in [3.8, 4) is 23.0 Å². The van der Waals surface area contributed by atoms with E-state index in [-0.39, 0.29) is 10.9 Å². The molecule has 0 radical (unpaired) electrons. The van der Waals surface area contributed by atoms with Gasteiger partial charge in [0.1, 0.15) is 23.0 Å². The van der Waals surface area contributed by atoms with E-state index in [2.05, 4.69) is 5.32 Å². The van der Waals surface area contributed by atoms with Gasteiger partial charge in [-0.15, -0.1) is 0 Å². The van der Waals surface area contributed by atoms with Crippen LogP contribution in [0.3, 0.4) is 0 Å². The van der Waals surface area contributed by atoms with Crippen molar-refractivity contribution in [3.63, 3.8) is 0 Å². The minimum absolute atomic E-state index is 0.264. The average molecular weight is 578 g/mol. The summed E-state index contributed by atoms with van der Waals surface area (Å²) in [5.41, 5.74) is 1.94. The van der Waals surface area contributed by atoms with Crippen LogP contribution >= 0.6 is 23.2 Å². The summed E-state index contributed by atoms with van der Waals surface area (Å²) < 4.78 is 17.6. The Hall–Kier alpha value is -4.20. The van der Waals surface area contributed by atoms with Crippen LogP contribution in [-0.2, 0) is 11.2 Å². The van der Waals surface area contributed by atoms with Crippen LogP contribution < -0.4 is 19.5 Å². The second kappa shape index (κ2) is 12.3. The number of benzene rings is 4. The number of carbonyl (C=O) groups is 2. The fourth-order valence-electron chi connectivity index (χ4n) is 4.38. The van der Waals surface area contributed by atoms with Gasteiger partial charge in [0.25, 0.3) is 5.91 Å². The Morgan fingerprint density at radius 2 is 1.65 bits per heavy atom. The first-order valence-electron chi connectivity index (χ1n) is 12.6. The van der Waals surface area contributed by atoms with Gasteiger partial charge in [0.15, 0.2) is 6.23 Å². The summed E-state index contributed by atoms with van der Waals surface area (Å²) in [4.78, 5) is 24.7. The van der Waals surface area contributed by atoms with Gasteiger partial charge < -0.3 is 24.6 Å². The summed E-state index contributed by atoms with van der Waals surface area (Å²) >= 11 is 12.4. The molecule has 40 heavy (non-hydrogen) atoms. The molecular weight excluding hydrogens is 553 g/mol. The summed E-state index contributed by atoms with van der Waals surface area (Å²) in [6.07, 6.45) is 0.202. The normalized spacial score (nSPS) is 14.8. The van der Waals surface area contributed by atoms with Gasteiger partial charge in [0, 0.05) is 28.6 Å². The minimum atomic E-state index is -0.923. The van der Waals surface area contributed by atoms with E-state index < -0.39 is 18.1 Å². The van der Waals surface area contributed by atoms with E-state index in [1.165, 1.54) is 0 Å². The third-order valence-corrected chi connectivity index (χ3v) is 6.94. The molecule has 1 aliphatic rings. The van der Waals surface area contributed by atoms with Crippen molar-refractivity contribution in [2.45, 2.75) is 25.0 Å². The number of carboxylic acid groups (broad SMARTS) is 1. The molecule has 0 fully saturated rings. The molecular formula is C31H25Cl2NO6. The molecule has 204 valence electrons. The summed E-state index contributed by atoms with van der Waals surface area (Å²) in [5, 5.41) is 13.3. The molecule has 0 saturated heterocycles. The molecule has 2 atom stereocenters. The molecule has 0 aliphatic carbocycles. The predicted octanol–water partition coefficient (Wildman–Crippen LogP) is 7.11. The summed E-state index contributed by atoms with van der Waals surface area (Å²) in [5.74, 6) is -0.143. The Morgan fingerprint density at radius 1 is 0.950 bits per heavy atom. The van der Waals surface area contributed by atoms with Crippen LogP contribution in [0.1, 0.15) is 33.8 Å². The number of nitrogens with one attached hydrogen (secondary N) is 1. The fraction of sp³-hybridized carbons (Fsp3) is 0.161. The number of fused-ring (bicyclic) bond motifs is 1. The first kappa shape index (κ1) is 27.4. The third kappa shape index (κ3) is 6.68. The molecule has 0 spiro atoms. The molecule has 0 aromatic heterocycles. The Bertz CT molecular complexity index is 1490. The molecule has 2 N–H and O–H groups in total. The van der Waals surface area contributed by atoms with Crippen LogP contribution in [0.5, 0.6) is 23.0 Å². The zero-order chi connectivity index (χ0) is 28.1. The van der Waals surface area contributed by atoms with Gasteiger partial charge in [-0.2, -0.15) is 0 Å². The monoisotopic (exact) mass is 577 g/mol. The third-order valence-electron chi connectivity index (χ3n) is 6.39. The Balaban J connectivity index is 1.28. The number of hydrogen-bond donors (Lipinski definition) is 2. The van der Waals surface area contributed by atoms with E-state index in [1.807, 2.05) is 30.3 Å². The zero-order valence-electron chi connectivity index (χ0n) is 21.2. The second-order valence-corrected chi connectivity index (χ2v) is 10.0. The number of hydrogen-bond acceptors (Lipinski definition) is 5. The van der Waals surface area contributed by atoms with E-state index in [4.69, 9.17) is 37.4 Å². The number of carboxylic acids is 1. The van der Waals surface area contributed by atoms with Crippen molar-refractivity contribution in [1.29, 1.82) is 0 Å². The van der Waals surface area contributed by atoms with Crippen molar-refractivity contribution in [1.82, 2.24) is 5.32 Å². The second-order valence-electron chi connectivity index (χ2n) is 9.20. The molecule has 4 aromatic carbocycles. The number of rotatable bonds is 9. The molecule has 9 heteroatoms. The lowest BCUT2D eigenvalue weighted by Gasteiger charge is -2.24. The molecule has 0 saturated carbocycles. The number of ether oxygens (including phenoxy) is 3. The van der Waals surface area contributed by atoms with Gasteiger partial charge in [0.05, 0.1) is 17.5 Å². The molecule has 1 heterocycles. The minimum Gasteiger partial charge on any atom is -0.493 e. The maximum absolute atomic E-state index is 13.1. The van der Waals surface area contributed by atoms with Crippen LogP contribution in [0, 0.1) is 0 Å². The standard InChI is InChI=1S/C31H25Cl2NO6/c32-21-8-12-23(13-9-21)40-29(16-19-4-2-1-3-5-19)34-30(35)20-6-10-22(11-7-20)39-28-18-27-25(17-26(28)33)24(31(36)37)14-15-38-27/h1-13,17-18,24,29H,14-16H2,(H,34,35)(H,36,37). The lowest BCUT2D eigenvalue weighted by molar-refractivity contribution is -0.139. The van der Waals surface area contributed by atoms with Crippen LogP contribution in [0.2, 0.25) is 10.0 Å².